The Labute approximate surface area is 146 Å². The number of rotatable bonds is 5. The van der Waals surface area contributed by atoms with Crippen LogP contribution in [0.2, 0.25) is 0 Å². The minimum Gasteiger partial charge on any atom is -0.462 e. The Hall–Kier alpha value is -2.75. The maximum absolute atomic E-state index is 13.6. The van der Waals surface area contributed by atoms with Crippen LogP contribution in [0.15, 0.2) is 48.5 Å². The molecule has 0 saturated carbocycles. The summed E-state index contributed by atoms with van der Waals surface area (Å²) in [6.07, 6.45) is 1.39. The average Bonchev–Trinajstić information content (AvgIpc) is 2.61. The fraction of sp³-hybridized carbons (Fsp3) is 0.238. The van der Waals surface area contributed by atoms with E-state index in [1.165, 1.54) is 17.7 Å². The van der Waals surface area contributed by atoms with Gasteiger partial charge in [-0.15, -0.1) is 0 Å². The van der Waals surface area contributed by atoms with Crippen molar-refractivity contribution in [3.8, 4) is 0 Å². The van der Waals surface area contributed by atoms with Crippen molar-refractivity contribution in [1.82, 2.24) is 4.98 Å². The molecule has 3 rings (SSSR count). The summed E-state index contributed by atoms with van der Waals surface area (Å²) in [5, 5.41) is 0.645. The van der Waals surface area contributed by atoms with E-state index in [9.17, 15) is 9.18 Å². The van der Waals surface area contributed by atoms with Gasteiger partial charge in [0.25, 0.3) is 0 Å². The van der Waals surface area contributed by atoms with Gasteiger partial charge in [-0.1, -0.05) is 30.3 Å². The van der Waals surface area contributed by atoms with Crippen molar-refractivity contribution in [1.29, 1.82) is 0 Å². The standard InChI is InChI=1S/C21H20FNO2/c1-3-25-21(24)20-14(2)17-13-16(22)10-12-18(17)23-19(20)11-9-15-7-5-4-6-8-15/h4-8,10,12-13H,3,9,11H2,1-2H3. The predicted octanol–water partition coefficient (Wildman–Crippen LogP) is 4.64. The fourth-order valence-corrected chi connectivity index (χ4v) is 3.02. The number of carbonyl (C=O) groups excluding carboxylic acids is 1. The van der Waals surface area contributed by atoms with Gasteiger partial charge in [-0.25, -0.2) is 9.18 Å². The number of nitrogens with zero attached hydrogens (tertiary/aromatic N) is 1. The number of fused-ring (bicyclic) bond motifs is 1. The second kappa shape index (κ2) is 7.43. The summed E-state index contributed by atoms with van der Waals surface area (Å²) >= 11 is 0. The van der Waals surface area contributed by atoms with Crippen molar-refractivity contribution in [2.75, 3.05) is 6.61 Å². The first-order chi connectivity index (χ1) is 12.1. The lowest BCUT2D eigenvalue weighted by Crippen LogP contribution is -2.13. The van der Waals surface area contributed by atoms with E-state index in [-0.39, 0.29) is 12.4 Å². The molecule has 1 aromatic heterocycles. The molecule has 128 valence electrons. The Morgan fingerprint density at radius 1 is 1.12 bits per heavy atom. The summed E-state index contributed by atoms with van der Waals surface area (Å²) in [6.45, 7) is 3.88. The van der Waals surface area contributed by atoms with Crippen molar-refractivity contribution >= 4 is 16.9 Å². The molecule has 1 heterocycles. The third-order valence-corrected chi connectivity index (χ3v) is 4.25. The first-order valence-electron chi connectivity index (χ1n) is 8.40. The van der Waals surface area contributed by atoms with E-state index in [0.29, 0.717) is 34.1 Å². The van der Waals surface area contributed by atoms with Gasteiger partial charge in [-0.2, -0.15) is 0 Å². The van der Waals surface area contributed by atoms with Crippen LogP contribution in [-0.2, 0) is 17.6 Å². The topological polar surface area (TPSA) is 39.2 Å². The number of hydrogen-bond donors (Lipinski definition) is 0. The van der Waals surface area contributed by atoms with Gasteiger partial charge in [0.1, 0.15) is 5.82 Å². The Kier molecular flexibility index (Phi) is 5.08. The van der Waals surface area contributed by atoms with Gasteiger partial charge >= 0.3 is 5.97 Å². The van der Waals surface area contributed by atoms with Crippen LogP contribution in [0.4, 0.5) is 4.39 Å². The Morgan fingerprint density at radius 2 is 1.88 bits per heavy atom. The van der Waals surface area contributed by atoms with Gasteiger partial charge in [-0.3, -0.25) is 4.98 Å². The van der Waals surface area contributed by atoms with Gasteiger partial charge in [-0.05, 0) is 56.0 Å². The highest BCUT2D eigenvalue weighted by molar-refractivity contribution is 5.98. The zero-order chi connectivity index (χ0) is 17.8. The Bertz CT molecular complexity index is 907. The lowest BCUT2D eigenvalue weighted by atomic mass is 9.98. The second-order valence-electron chi connectivity index (χ2n) is 5.93. The number of aromatic nitrogens is 1. The third-order valence-electron chi connectivity index (χ3n) is 4.25. The number of pyridine rings is 1. The number of hydrogen-bond acceptors (Lipinski definition) is 3. The summed E-state index contributed by atoms with van der Waals surface area (Å²) in [5.74, 6) is -0.744. The van der Waals surface area contributed by atoms with Crippen LogP contribution < -0.4 is 0 Å². The molecule has 4 heteroatoms. The molecule has 3 nitrogen and oxygen atoms in total. The van der Waals surface area contributed by atoms with Crippen LogP contribution in [0.3, 0.4) is 0 Å². The summed E-state index contributed by atoms with van der Waals surface area (Å²) in [5.41, 5.74) is 3.73. The van der Waals surface area contributed by atoms with Crippen molar-refractivity contribution in [3.63, 3.8) is 0 Å². The van der Waals surface area contributed by atoms with E-state index in [4.69, 9.17) is 4.74 Å². The molecule has 0 aliphatic rings. The first-order valence-corrected chi connectivity index (χ1v) is 8.40. The van der Waals surface area contributed by atoms with Crippen LogP contribution in [0, 0.1) is 12.7 Å². The molecule has 25 heavy (non-hydrogen) atoms. The molecule has 0 radical (unpaired) electrons. The summed E-state index contributed by atoms with van der Waals surface area (Å²) in [6, 6.07) is 14.5. The average molecular weight is 337 g/mol. The molecule has 0 fully saturated rings. The van der Waals surface area contributed by atoms with Crippen molar-refractivity contribution < 1.29 is 13.9 Å². The van der Waals surface area contributed by atoms with Crippen molar-refractivity contribution in [3.05, 3.63) is 76.7 Å². The van der Waals surface area contributed by atoms with Gasteiger partial charge in [0.2, 0.25) is 0 Å². The molecule has 2 aromatic carbocycles. The van der Waals surface area contributed by atoms with E-state index in [0.717, 1.165) is 6.42 Å². The minimum atomic E-state index is -0.401. The van der Waals surface area contributed by atoms with Crippen LogP contribution in [0.5, 0.6) is 0 Å². The lowest BCUT2D eigenvalue weighted by molar-refractivity contribution is 0.0524. The quantitative estimate of drug-likeness (QED) is 0.637. The normalized spacial score (nSPS) is 10.8. The van der Waals surface area contributed by atoms with E-state index in [1.807, 2.05) is 37.3 Å². The zero-order valence-corrected chi connectivity index (χ0v) is 14.4. The maximum Gasteiger partial charge on any atom is 0.340 e. The summed E-state index contributed by atoms with van der Waals surface area (Å²) in [7, 11) is 0. The maximum atomic E-state index is 13.6. The molecule has 0 spiro atoms. The SMILES string of the molecule is CCOC(=O)c1c(CCc2ccccc2)nc2ccc(F)cc2c1C. The van der Waals surface area contributed by atoms with Crippen LogP contribution in [0.1, 0.15) is 34.1 Å². The smallest absolute Gasteiger partial charge is 0.340 e. The van der Waals surface area contributed by atoms with Gasteiger partial charge in [0.05, 0.1) is 23.4 Å². The number of aryl methyl sites for hydroxylation is 3. The number of carbonyl (C=O) groups is 1. The fourth-order valence-electron chi connectivity index (χ4n) is 3.02. The highest BCUT2D eigenvalue weighted by Gasteiger charge is 2.20. The highest BCUT2D eigenvalue weighted by atomic mass is 19.1. The molecule has 0 aliphatic carbocycles. The summed E-state index contributed by atoms with van der Waals surface area (Å²) < 4.78 is 18.8. The number of halogens is 1. The molecule has 0 aliphatic heterocycles. The monoisotopic (exact) mass is 337 g/mol. The highest BCUT2D eigenvalue weighted by Crippen LogP contribution is 2.25. The molecule has 0 bridgehead atoms. The van der Waals surface area contributed by atoms with Crippen LogP contribution in [0.25, 0.3) is 10.9 Å². The second-order valence-corrected chi connectivity index (χ2v) is 5.93. The number of benzene rings is 2. The molecular weight excluding hydrogens is 317 g/mol. The number of esters is 1. The molecule has 0 N–H and O–H groups in total. The van der Waals surface area contributed by atoms with Crippen LogP contribution >= 0.6 is 0 Å². The van der Waals surface area contributed by atoms with Gasteiger partial charge in [0.15, 0.2) is 0 Å². The zero-order valence-electron chi connectivity index (χ0n) is 14.4. The molecule has 0 unspecified atom stereocenters. The largest absolute Gasteiger partial charge is 0.462 e. The molecular formula is C21H20FNO2. The Balaban J connectivity index is 2.06. The van der Waals surface area contributed by atoms with Gasteiger partial charge < -0.3 is 4.74 Å². The van der Waals surface area contributed by atoms with Crippen LogP contribution in [-0.4, -0.2) is 17.6 Å². The lowest BCUT2D eigenvalue weighted by Gasteiger charge is -2.14. The van der Waals surface area contributed by atoms with E-state index < -0.39 is 5.97 Å². The van der Waals surface area contributed by atoms with Crippen molar-refractivity contribution in [2.45, 2.75) is 26.7 Å². The molecule has 0 amide bonds. The van der Waals surface area contributed by atoms with E-state index >= 15 is 0 Å². The van der Waals surface area contributed by atoms with Gasteiger partial charge in [0, 0.05) is 5.39 Å². The molecule has 3 aromatic rings. The van der Waals surface area contributed by atoms with Crippen molar-refractivity contribution in [2.24, 2.45) is 0 Å². The number of ether oxygens (including phenoxy) is 1. The first kappa shape index (κ1) is 17.1. The van der Waals surface area contributed by atoms with E-state index in [1.54, 1.807) is 13.0 Å². The van der Waals surface area contributed by atoms with E-state index in [2.05, 4.69) is 4.98 Å². The summed E-state index contributed by atoms with van der Waals surface area (Å²) in [4.78, 5) is 17.1. The molecule has 0 saturated heterocycles. The molecule has 0 atom stereocenters. The Morgan fingerprint density at radius 3 is 2.60 bits per heavy atom. The minimum absolute atomic E-state index is 0.289. The predicted molar refractivity (Wildman–Crippen MR) is 96.2 cm³/mol. The third kappa shape index (κ3) is 3.68.